The SMILES string of the molecule is CCNC(=NCC1CCSCC1)N1CCN(c2cccs2)CC1.I. The Balaban J connectivity index is 0.00000208. The van der Waals surface area contributed by atoms with Crippen molar-refractivity contribution in [3.05, 3.63) is 17.5 Å². The van der Waals surface area contributed by atoms with E-state index in [1.54, 1.807) is 0 Å². The molecule has 0 bridgehead atoms. The first kappa shape index (κ1) is 20.2. The minimum atomic E-state index is 0. The van der Waals surface area contributed by atoms with E-state index in [2.05, 4.69) is 51.3 Å². The van der Waals surface area contributed by atoms with Gasteiger partial charge >= 0.3 is 0 Å². The summed E-state index contributed by atoms with van der Waals surface area (Å²) < 4.78 is 0. The minimum absolute atomic E-state index is 0. The zero-order valence-electron chi connectivity index (χ0n) is 14.4. The highest BCUT2D eigenvalue weighted by molar-refractivity contribution is 14.0. The molecule has 0 spiro atoms. The fraction of sp³-hybridized carbons (Fsp3) is 0.706. The van der Waals surface area contributed by atoms with E-state index in [0.29, 0.717) is 0 Å². The molecular weight excluding hydrogens is 451 g/mol. The maximum Gasteiger partial charge on any atom is 0.194 e. The predicted octanol–water partition coefficient (Wildman–Crippen LogP) is 3.60. The third-order valence-electron chi connectivity index (χ3n) is 4.57. The first-order valence-corrected chi connectivity index (χ1v) is 10.8. The van der Waals surface area contributed by atoms with E-state index in [-0.39, 0.29) is 24.0 Å². The maximum absolute atomic E-state index is 4.95. The Morgan fingerprint density at radius 1 is 1.25 bits per heavy atom. The number of piperazine rings is 1. The lowest BCUT2D eigenvalue weighted by molar-refractivity contribution is 0.371. The van der Waals surface area contributed by atoms with Gasteiger partial charge in [0, 0.05) is 39.3 Å². The van der Waals surface area contributed by atoms with Crippen molar-refractivity contribution < 1.29 is 0 Å². The van der Waals surface area contributed by atoms with Crippen molar-refractivity contribution >= 4 is 58.0 Å². The summed E-state index contributed by atoms with van der Waals surface area (Å²) >= 11 is 3.93. The van der Waals surface area contributed by atoms with Crippen molar-refractivity contribution in [3.8, 4) is 0 Å². The summed E-state index contributed by atoms with van der Waals surface area (Å²) in [6.07, 6.45) is 2.67. The van der Waals surface area contributed by atoms with Gasteiger partial charge < -0.3 is 15.1 Å². The molecule has 2 aliphatic rings. The molecule has 0 amide bonds. The average Bonchev–Trinajstić information content (AvgIpc) is 3.14. The highest BCUT2D eigenvalue weighted by Gasteiger charge is 2.21. The number of halogens is 1. The fourth-order valence-electron chi connectivity index (χ4n) is 3.16. The molecule has 7 heteroatoms. The molecule has 0 saturated carbocycles. The number of rotatable bonds is 4. The predicted molar refractivity (Wildman–Crippen MR) is 120 cm³/mol. The smallest absolute Gasteiger partial charge is 0.194 e. The number of anilines is 1. The standard InChI is InChI=1S/C17H28N4S2.HI/c1-2-18-17(19-14-15-5-12-22-13-6-15)21-9-7-20(8-10-21)16-4-3-11-23-16;/h3-4,11,15H,2,5-10,12-14H2,1H3,(H,18,19);1H. The van der Waals surface area contributed by atoms with E-state index in [0.717, 1.165) is 51.1 Å². The number of nitrogens with zero attached hydrogens (tertiary/aromatic N) is 3. The van der Waals surface area contributed by atoms with Gasteiger partial charge in [0.1, 0.15) is 0 Å². The van der Waals surface area contributed by atoms with Crippen LogP contribution in [-0.4, -0.2) is 61.6 Å². The number of hydrogen-bond acceptors (Lipinski definition) is 4. The molecule has 0 aliphatic carbocycles. The van der Waals surface area contributed by atoms with Gasteiger partial charge in [0.15, 0.2) is 5.96 Å². The zero-order valence-corrected chi connectivity index (χ0v) is 18.4. The monoisotopic (exact) mass is 480 g/mol. The van der Waals surface area contributed by atoms with Crippen molar-refractivity contribution in [2.24, 2.45) is 10.9 Å². The molecule has 2 aliphatic heterocycles. The molecule has 136 valence electrons. The lowest BCUT2D eigenvalue weighted by atomic mass is 10.0. The van der Waals surface area contributed by atoms with Gasteiger partial charge in [-0.1, -0.05) is 0 Å². The molecule has 4 nitrogen and oxygen atoms in total. The van der Waals surface area contributed by atoms with Crippen LogP contribution in [-0.2, 0) is 0 Å². The van der Waals surface area contributed by atoms with Gasteiger partial charge in [-0.2, -0.15) is 11.8 Å². The lowest BCUT2D eigenvalue weighted by Crippen LogP contribution is -2.52. The first-order valence-electron chi connectivity index (χ1n) is 8.76. The van der Waals surface area contributed by atoms with Gasteiger partial charge in [-0.15, -0.1) is 35.3 Å². The minimum Gasteiger partial charge on any atom is -0.360 e. The summed E-state index contributed by atoms with van der Waals surface area (Å²) in [7, 11) is 0. The van der Waals surface area contributed by atoms with Crippen molar-refractivity contribution in [1.82, 2.24) is 10.2 Å². The Kier molecular flexibility index (Phi) is 9.04. The van der Waals surface area contributed by atoms with Crippen LogP contribution < -0.4 is 10.2 Å². The lowest BCUT2D eigenvalue weighted by Gasteiger charge is -2.37. The van der Waals surface area contributed by atoms with Crippen LogP contribution in [0.3, 0.4) is 0 Å². The van der Waals surface area contributed by atoms with Crippen LogP contribution in [0.5, 0.6) is 0 Å². The average molecular weight is 480 g/mol. The Morgan fingerprint density at radius 3 is 2.62 bits per heavy atom. The first-order chi connectivity index (χ1) is 11.4. The number of hydrogen-bond donors (Lipinski definition) is 1. The van der Waals surface area contributed by atoms with Crippen LogP contribution in [0.4, 0.5) is 5.00 Å². The second kappa shape index (κ2) is 10.8. The summed E-state index contributed by atoms with van der Waals surface area (Å²) in [5.74, 6) is 4.54. The molecule has 24 heavy (non-hydrogen) atoms. The maximum atomic E-state index is 4.95. The van der Waals surface area contributed by atoms with Crippen LogP contribution in [0.2, 0.25) is 0 Å². The summed E-state index contributed by atoms with van der Waals surface area (Å²) in [5.41, 5.74) is 0. The molecule has 3 heterocycles. The highest BCUT2D eigenvalue weighted by atomic mass is 127. The summed E-state index contributed by atoms with van der Waals surface area (Å²) in [6, 6.07) is 4.36. The van der Waals surface area contributed by atoms with Crippen LogP contribution in [0.15, 0.2) is 22.5 Å². The topological polar surface area (TPSA) is 30.9 Å². The van der Waals surface area contributed by atoms with E-state index < -0.39 is 0 Å². The van der Waals surface area contributed by atoms with Gasteiger partial charge in [0.2, 0.25) is 0 Å². The van der Waals surface area contributed by atoms with Gasteiger partial charge in [-0.25, -0.2) is 0 Å². The van der Waals surface area contributed by atoms with Crippen LogP contribution >= 0.6 is 47.1 Å². The molecule has 2 saturated heterocycles. The Bertz CT molecular complexity index is 481. The normalized spacial score (nSPS) is 20.0. The van der Waals surface area contributed by atoms with Crippen LogP contribution in [0.1, 0.15) is 19.8 Å². The summed E-state index contributed by atoms with van der Waals surface area (Å²) in [6.45, 7) is 8.40. The van der Waals surface area contributed by atoms with Crippen LogP contribution in [0.25, 0.3) is 0 Å². The van der Waals surface area contributed by atoms with Crippen molar-refractivity contribution in [2.45, 2.75) is 19.8 Å². The second-order valence-electron chi connectivity index (χ2n) is 6.18. The van der Waals surface area contributed by atoms with Gasteiger partial charge in [0.05, 0.1) is 5.00 Å². The summed E-state index contributed by atoms with van der Waals surface area (Å²) in [5, 5.41) is 7.05. The molecule has 1 N–H and O–H groups in total. The highest BCUT2D eigenvalue weighted by Crippen LogP contribution is 2.24. The van der Waals surface area contributed by atoms with E-state index in [1.807, 2.05) is 11.3 Å². The number of guanidine groups is 1. The molecule has 0 radical (unpaired) electrons. The van der Waals surface area contributed by atoms with Gasteiger partial charge in [0.25, 0.3) is 0 Å². The molecule has 1 aromatic heterocycles. The number of thiophene rings is 1. The van der Waals surface area contributed by atoms with Gasteiger partial charge in [-0.3, -0.25) is 4.99 Å². The third kappa shape index (κ3) is 5.69. The van der Waals surface area contributed by atoms with Crippen LogP contribution in [0, 0.1) is 5.92 Å². The number of aliphatic imine (C=N–C) groups is 1. The molecule has 2 fully saturated rings. The molecule has 1 aromatic rings. The van der Waals surface area contributed by atoms with E-state index in [1.165, 1.54) is 29.3 Å². The zero-order chi connectivity index (χ0) is 15.9. The Labute approximate surface area is 171 Å². The quantitative estimate of drug-likeness (QED) is 0.406. The largest absolute Gasteiger partial charge is 0.360 e. The molecule has 0 unspecified atom stereocenters. The van der Waals surface area contributed by atoms with Crippen molar-refractivity contribution in [1.29, 1.82) is 0 Å². The molecule has 0 atom stereocenters. The molecular formula is C17H29IN4S2. The van der Waals surface area contributed by atoms with E-state index >= 15 is 0 Å². The molecule has 3 rings (SSSR count). The van der Waals surface area contributed by atoms with E-state index in [4.69, 9.17) is 4.99 Å². The van der Waals surface area contributed by atoms with Crippen molar-refractivity contribution in [2.75, 3.05) is 55.7 Å². The Morgan fingerprint density at radius 2 is 2.00 bits per heavy atom. The number of thioether (sulfide) groups is 1. The van der Waals surface area contributed by atoms with Crippen molar-refractivity contribution in [3.63, 3.8) is 0 Å². The summed E-state index contributed by atoms with van der Waals surface area (Å²) in [4.78, 5) is 9.88. The van der Waals surface area contributed by atoms with Gasteiger partial charge in [-0.05, 0) is 54.7 Å². The Hall–Kier alpha value is -0.150. The second-order valence-corrected chi connectivity index (χ2v) is 8.33. The fourth-order valence-corrected chi connectivity index (χ4v) is 5.15. The third-order valence-corrected chi connectivity index (χ3v) is 6.55. The number of nitrogens with one attached hydrogen (secondary N) is 1. The molecule has 0 aromatic carbocycles. The van der Waals surface area contributed by atoms with E-state index in [9.17, 15) is 0 Å².